The number of nitrogens with zero attached hydrogens (tertiary/aromatic N) is 2. The molecule has 0 aliphatic rings. The number of aromatic amines is 1. The average molecular weight is 321 g/mol. The van der Waals surface area contributed by atoms with E-state index in [1.54, 1.807) is 18.0 Å². The number of hydrogen-bond acceptors (Lipinski definition) is 4. The molecule has 4 rings (SSSR count). The predicted octanol–water partition coefficient (Wildman–Crippen LogP) is 4.82. The molecule has 4 nitrogen and oxygen atoms in total. The van der Waals surface area contributed by atoms with Crippen molar-refractivity contribution in [3.8, 4) is 11.5 Å². The van der Waals surface area contributed by atoms with Crippen LogP contribution in [0.3, 0.4) is 0 Å². The summed E-state index contributed by atoms with van der Waals surface area (Å²) >= 11 is 1.62. The molecule has 0 atom stereocenters. The molecule has 23 heavy (non-hydrogen) atoms. The molecule has 0 aliphatic carbocycles. The van der Waals surface area contributed by atoms with Gasteiger partial charge in [0, 0.05) is 11.3 Å². The Morgan fingerprint density at radius 1 is 1.09 bits per heavy atom. The maximum atomic E-state index is 5.56. The Balaban J connectivity index is 1.49. The first-order chi connectivity index (χ1) is 11.3. The van der Waals surface area contributed by atoms with Crippen molar-refractivity contribution in [3.05, 3.63) is 66.1 Å². The minimum absolute atomic E-state index is 0.654. The summed E-state index contributed by atoms with van der Waals surface area (Å²) in [6.07, 6.45) is 1.71. The van der Waals surface area contributed by atoms with E-state index in [0.717, 1.165) is 33.2 Å². The second-order valence-corrected chi connectivity index (χ2v) is 6.33. The molecule has 114 valence electrons. The fourth-order valence-electron chi connectivity index (χ4n) is 2.40. The molecule has 0 bridgehead atoms. The quantitative estimate of drug-likeness (QED) is 0.548. The second-order valence-electron chi connectivity index (χ2n) is 5.36. The van der Waals surface area contributed by atoms with Gasteiger partial charge in [0.25, 0.3) is 0 Å². The van der Waals surface area contributed by atoms with Gasteiger partial charge in [-0.15, -0.1) is 0 Å². The van der Waals surface area contributed by atoms with Gasteiger partial charge in [0.1, 0.15) is 6.26 Å². The number of fused-ring (bicyclic) bond motifs is 1. The zero-order valence-electron chi connectivity index (χ0n) is 12.6. The van der Waals surface area contributed by atoms with E-state index in [2.05, 4.69) is 34.0 Å². The van der Waals surface area contributed by atoms with Crippen LogP contribution in [-0.4, -0.2) is 15.0 Å². The second kappa shape index (κ2) is 5.93. The van der Waals surface area contributed by atoms with Gasteiger partial charge in [0.2, 0.25) is 5.89 Å². The van der Waals surface area contributed by atoms with Crippen LogP contribution in [0, 0.1) is 6.92 Å². The fourth-order valence-corrected chi connectivity index (χ4v) is 3.16. The normalized spacial score (nSPS) is 11.2. The van der Waals surface area contributed by atoms with Crippen molar-refractivity contribution in [2.24, 2.45) is 0 Å². The number of H-pyrrole nitrogens is 1. The molecule has 2 aromatic heterocycles. The maximum absolute atomic E-state index is 5.56. The zero-order valence-corrected chi connectivity index (χ0v) is 13.4. The van der Waals surface area contributed by atoms with E-state index in [4.69, 9.17) is 4.42 Å². The van der Waals surface area contributed by atoms with Crippen LogP contribution in [-0.2, 0) is 5.75 Å². The van der Waals surface area contributed by atoms with Gasteiger partial charge in [-0.05, 0) is 36.8 Å². The standard InChI is InChI=1S/C18H15N3OS/c1-12-7-8-15-16(9-12)21-18(20-15)23-11-14-10-22-17(19-14)13-5-3-2-4-6-13/h2-10H,11H2,1H3,(H,20,21). The Morgan fingerprint density at radius 2 is 1.96 bits per heavy atom. The van der Waals surface area contributed by atoms with Gasteiger partial charge in [0.05, 0.1) is 16.7 Å². The first-order valence-electron chi connectivity index (χ1n) is 7.37. The molecule has 1 N–H and O–H groups in total. The van der Waals surface area contributed by atoms with E-state index >= 15 is 0 Å². The monoisotopic (exact) mass is 321 g/mol. The Bertz CT molecular complexity index is 943. The van der Waals surface area contributed by atoms with Gasteiger partial charge in [0.15, 0.2) is 5.16 Å². The molecule has 2 aromatic carbocycles. The van der Waals surface area contributed by atoms with Crippen molar-refractivity contribution in [2.75, 3.05) is 0 Å². The highest BCUT2D eigenvalue weighted by Gasteiger charge is 2.08. The summed E-state index contributed by atoms with van der Waals surface area (Å²) in [4.78, 5) is 12.5. The van der Waals surface area contributed by atoms with Crippen LogP contribution in [0.25, 0.3) is 22.5 Å². The third kappa shape index (κ3) is 3.00. The number of oxazole rings is 1. The molecule has 0 spiro atoms. The third-order valence-electron chi connectivity index (χ3n) is 3.54. The number of benzene rings is 2. The van der Waals surface area contributed by atoms with Crippen molar-refractivity contribution in [1.82, 2.24) is 15.0 Å². The van der Waals surface area contributed by atoms with Gasteiger partial charge < -0.3 is 9.40 Å². The summed E-state index contributed by atoms with van der Waals surface area (Å²) in [7, 11) is 0. The van der Waals surface area contributed by atoms with E-state index < -0.39 is 0 Å². The summed E-state index contributed by atoms with van der Waals surface area (Å²) < 4.78 is 5.56. The Kier molecular flexibility index (Phi) is 3.63. The molecular weight excluding hydrogens is 306 g/mol. The molecule has 5 heteroatoms. The minimum atomic E-state index is 0.654. The minimum Gasteiger partial charge on any atom is -0.444 e. The predicted molar refractivity (Wildman–Crippen MR) is 92.3 cm³/mol. The van der Waals surface area contributed by atoms with Crippen molar-refractivity contribution in [1.29, 1.82) is 0 Å². The Hall–Kier alpha value is -2.53. The zero-order chi connectivity index (χ0) is 15.6. The lowest BCUT2D eigenvalue weighted by molar-refractivity contribution is 0.573. The Morgan fingerprint density at radius 3 is 2.83 bits per heavy atom. The van der Waals surface area contributed by atoms with Gasteiger partial charge in [-0.3, -0.25) is 0 Å². The van der Waals surface area contributed by atoms with E-state index in [1.807, 2.05) is 36.4 Å². The summed E-state index contributed by atoms with van der Waals surface area (Å²) in [5.41, 5.74) is 5.18. The molecule has 0 saturated heterocycles. The molecule has 0 unspecified atom stereocenters. The van der Waals surface area contributed by atoms with Gasteiger partial charge in [-0.1, -0.05) is 36.0 Å². The SMILES string of the molecule is Cc1ccc2nc(SCc3coc(-c4ccccc4)n3)[nH]c2c1. The molecule has 0 amide bonds. The largest absolute Gasteiger partial charge is 0.444 e. The summed E-state index contributed by atoms with van der Waals surface area (Å²) in [6, 6.07) is 16.1. The van der Waals surface area contributed by atoms with Crippen molar-refractivity contribution in [2.45, 2.75) is 17.8 Å². The lowest BCUT2D eigenvalue weighted by atomic mass is 10.2. The highest BCUT2D eigenvalue weighted by Crippen LogP contribution is 2.25. The fraction of sp³-hybridized carbons (Fsp3) is 0.111. The maximum Gasteiger partial charge on any atom is 0.226 e. The molecule has 4 aromatic rings. The van der Waals surface area contributed by atoms with Crippen molar-refractivity contribution >= 4 is 22.8 Å². The van der Waals surface area contributed by atoms with E-state index in [9.17, 15) is 0 Å². The number of thioether (sulfide) groups is 1. The smallest absolute Gasteiger partial charge is 0.226 e. The van der Waals surface area contributed by atoms with Gasteiger partial charge in [-0.25, -0.2) is 9.97 Å². The van der Waals surface area contributed by atoms with Crippen LogP contribution in [0.15, 0.2) is 64.4 Å². The highest BCUT2D eigenvalue weighted by atomic mass is 32.2. The number of rotatable bonds is 4. The first-order valence-corrected chi connectivity index (χ1v) is 8.35. The van der Waals surface area contributed by atoms with Gasteiger partial charge in [-0.2, -0.15) is 0 Å². The van der Waals surface area contributed by atoms with E-state index in [0.29, 0.717) is 5.89 Å². The number of aryl methyl sites for hydroxylation is 1. The van der Waals surface area contributed by atoms with Crippen LogP contribution in [0.2, 0.25) is 0 Å². The van der Waals surface area contributed by atoms with Crippen molar-refractivity contribution < 1.29 is 4.42 Å². The van der Waals surface area contributed by atoms with Crippen LogP contribution in [0.1, 0.15) is 11.3 Å². The summed E-state index contributed by atoms with van der Waals surface area (Å²) in [5, 5.41) is 0.898. The number of hydrogen-bond donors (Lipinski definition) is 1. The van der Waals surface area contributed by atoms with E-state index in [1.165, 1.54) is 5.56 Å². The number of aromatic nitrogens is 3. The molecular formula is C18H15N3OS. The summed E-state index contributed by atoms with van der Waals surface area (Å²) in [5.74, 6) is 1.37. The van der Waals surface area contributed by atoms with Crippen LogP contribution in [0.4, 0.5) is 0 Å². The van der Waals surface area contributed by atoms with Crippen LogP contribution < -0.4 is 0 Å². The lowest BCUT2D eigenvalue weighted by Gasteiger charge is -1.93. The first kappa shape index (κ1) is 14.1. The third-order valence-corrected chi connectivity index (χ3v) is 4.45. The number of imidazole rings is 1. The molecule has 2 heterocycles. The number of nitrogens with one attached hydrogen (secondary N) is 1. The van der Waals surface area contributed by atoms with E-state index in [-0.39, 0.29) is 0 Å². The lowest BCUT2D eigenvalue weighted by Crippen LogP contribution is -1.83. The average Bonchev–Trinajstić information content (AvgIpc) is 3.20. The topological polar surface area (TPSA) is 54.7 Å². The van der Waals surface area contributed by atoms with Crippen molar-refractivity contribution in [3.63, 3.8) is 0 Å². The van der Waals surface area contributed by atoms with Crippen LogP contribution >= 0.6 is 11.8 Å². The van der Waals surface area contributed by atoms with Gasteiger partial charge >= 0.3 is 0 Å². The molecule has 0 saturated carbocycles. The Labute approximate surface area is 138 Å². The molecule has 0 fully saturated rings. The van der Waals surface area contributed by atoms with Crippen LogP contribution in [0.5, 0.6) is 0 Å². The summed E-state index contributed by atoms with van der Waals surface area (Å²) in [6.45, 7) is 2.08. The molecule has 0 aliphatic heterocycles. The highest BCUT2D eigenvalue weighted by molar-refractivity contribution is 7.98. The molecule has 0 radical (unpaired) electrons.